The van der Waals surface area contributed by atoms with Gasteiger partial charge in [-0.1, -0.05) is 30.3 Å². The maximum Gasteiger partial charge on any atom is 0.350 e. The van der Waals surface area contributed by atoms with Crippen molar-refractivity contribution in [3.63, 3.8) is 0 Å². The lowest BCUT2D eigenvalue weighted by molar-refractivity contribution is -0.121. The van der Waals surface area contributed by atoms with E-state index in [0.717, 1.165) is 30.0 Å². The molecule has 10 nitrogen and oxygen atoms in total. The Morgan fingerprint density at radius 3 is 2.17 bits per heavy atom. The van der Waals surface area contributed by atoms with Gasteiger partial charge in [-0.05, 0) is 55.8 Å². The minimum Gasteiger partial charge on any atom is -0.497 e. The Balaban J connectivity index is 1.30. The van der Waals surface area contributed by atoms with Crippen LogP contribution in [-0.2, 0) is 4.79 Å². The van der Waals surface area contributed by atoms with Crippen molar-refractivity contribution in [1.29, 1.82) is 0 Å². The van der Waals surface area contributed by atoms with Crippen LogP contribution in [0, 0.1) is 0 Å². The summed E-state index contributed by atoms with van der Waals surface area (Å²) in [6.07, 6.45) is 1.56. The molecular weight excluding hydrogens is 520 g/mol. The maximum atomic E-state index is 13.7. The van der Waals surface area contributed by atoms with Crippen LogP contribution in [-0.4, -0.2) is 65.6 Å². The summed E-state index contributed by atoms with van der Waals surface area (Å²) in [4.78, 5) is 30.9. The molecule has 41 heavy (non-hydrogen) atoms. The lowest BCUT2D eigenvalue weighted by atomic mass is 10.0. The van der Waals surface area contributed by atoms with Crippen LogP contribution in [0.15, 0.2) is 83.9 Å². The van der Waals surface area contributed by atoms with Crippen molar-refractivity contribution < 1.29 is 14.3 Å². The van der Waals surface area contributed by atoms with E-state index in [1.165, 1.54) is 4.68 Å². The van der Waals surface area contributed by atoms with Gasteiger partial charge >= 0.3 is 5.69 Å². The van der Waals surface area contributed by atoms with Gasteiger partial charge in [0.1, 0.15) is 23.9 Å². The first-order valence-corrected chi connectivity index (χ1v) is 13.7. The Morgan fingerprint density at radius 2 is 1.56 bits per heavy atom. The van der Waals surface area contributed by atoms with Gasteiger partial charge < -0.3 is 19.7 Å². The smallest absolute Gasteiger partial charge is 0.350 e. The van der Waals surface area contributed by atoms with E-state index in [0.29, 0.717) is 30.3 Å². The van der Waals surface area contributed by atoms with Crippen LogP contribution in [0.3, 0.4) is 0 Å². The number of hydrogen-bond donors (Lipinski definition) is 1. The van der Waals surface area contributed by atoms with Crippen LogP contribution >= 0.6 is 0 Å². The van der Waals surface area contributed by atoms with Crippen molar-refractivity contribution in [3.8, 4) is 17.2 Å². The van der Waals surface area contributed by atoms with Crippen molar-refractivity contribution in [2.75, 3.05) is 50.6 Å². The van der Waals surface area contributed by atoms with Crippen molar-refractivity contribution in [2.45, 2.75) is 25.9 Å². The van der Waals surface area contributed by atoms with Crippen LogP contribution in [0.25, 0.3) is 5.69 Å². The summed E-state index contributed by atoms with van der Waals surface area (Å²) in [5.41, 5.74) is 3.22. The molecule has 1 aliphatic heterocycles. The number of piperazine rings is 1. The number of nitrogens with one attached hydrogen (secondary N) is 1. The van der Waals surface area contributed by atoms with Gasteiger partial charge in [0.2, 0.25) is 5.91 Å². The zero-order valence-electron chi connectivity index (χ0n) is 23.9. The summed E-state index contributed by atoms with van der Waals surface area (Å²) in [5.74, 6) is 1.07. The standard InChI is InChI=1S/C31H36N6O4/c1-22(2)37-31(39)36(21-32-37)25-12-10-24(11-13-25)34-16-18-35(19-17-34)29(23-8-6-5-7-9-23)30(38)33-27-15-14-26(40-3)20-28(27)41-4/h5-15,20-22,29H,16-19H2,1-4H3,(H,33,38). The first-order valence-electron chi connectivity index (χ1n) is 13.7. The highest BCUT2D eigenvalue weighted by atomic mass is 16.5. The number of nitrogens with zero attached hydrogens (tertiary/aromatic N) is 5. The summed E-state index contributed by atoms with van der Waals surface area (Å²) < 4.78 is 13.8. The molecule has 0 spiro atoms. The van der Waals surface area contributed by atoms with Gasteiger partial charge in [-0.25, -0.2) is 14.0 Å². The normalized spacial score (nSPS) is 14.6. The van der Waals surface area contributed by atoms with E-state index >= 15 is 0 Å². The number of anilines is 2. The molecule has 214 valence electrons. The molecule has 1 fully saturated rings. The van der Waals surface area contributed by atoms with Gasteiger partial charge in [-0.3, -0.25) is 9.69 Å². The fraction of sp³-hybridized carbons (Fsp3) is 0.323. The molecular formula is C31H36N6O4. The highest BCUT2D eigenvalue weighted by Crippen LogP contribution is 2.32. The van der Waals surface area contributed by atoms with E-state index in [-0.39, 0.29) is 17.6 Å². The number of rotatable bonds is 9. The average Bonchev–Trinajstić information content (AvgIpc) is 3.40. The van der Waals surface area contributed by atoms with Gasteiger partial charge in [-0.2, -0.15) is 5.10 Å². The third-order valence-electron chi connectivity index (χ3n) is 7.39. The maximum absolute atomic E-state index is 13.7. The highest BCUT2D eigenvalue weighted by molar-refractivity contribution is 5.97. The molecule has 2 heterocycles. The molecule has 1 saturated heterocycles. The van der Waals surface area contributed by atoms with Crippen LogP contribution in [0.4, 0.5) is 11.4 Å². The van der Waals surface area contributed by atoms with E-state index in [4.69, 9.17) is 9.47 Å². The lowest BCUT2D eigenvalue weighted by Crippen LogP contribution is -2.50. The number of carbonyl (C=O) groups is 1. The van der Waals surface area contributed by atoms with Gasteiger partial charge in [0.15, 0.2) is 0 Å². The largest absolute Gasteiger partial charge is 0.497 e. The molecule has 0 bridgehead atoms. The molecule has 1 amide bonds. The van der Waals surface area contributed by atoms with Crippen LogP contribution in [0.2, 0.25) is 0 Å². The fourth-order valence-electron chi connectivity index (χ4n) is 5.18. The Morgan fingerprint density at radius 1 is 0.878 bits per heavy atom. The highest BCUT2D eigenvalue weighted by Gasteiger charge is 2.31. The lowest BCUT2D eigenvalue weighted by Gasteiger charge is -2.39. The second-order valence-electron chi connectivity index (χ2n) is 10.2. The monoisotopic (exact) mass is 556 g/mol. The summed E-state index contributed by atoms with van der Waals surface area (Å²) in [5, 5.41) is 7.29. The zero-order chi connectivity index (χ0) is 28.9. The Hall–Kier alpha value is -4.57. The Bertz CT molecular complexity index is 1520. The fourth-order valence-corrected chi connectivity index (χ4v) is 5.18. The molecule has 0 saturated carbocycles. The molecule has 0 aliphatic carbocycles. The van der Waals surface area contributed by atoms with E-state index in [1.54, 1.807) is 43.3 Å². The Labute approximate surface area is 239 Å². The minimum absolute atomic E-state index is 0.000603. The number of methoxy groups -OCH3 is 2. The van der Waals surface area contributed by atoms with Crippen molar-refractivity contribution >= 4 is 17.3 Å². The van der Waals surface area contributed by atoms with Gasteiger partial charge in [0.25, 0.3) is 0 Å². The predicted octanol–water partition coefficient (Wildman–Crippen LogP) is 4.13. The average molecular weight is 557 g/mol. The molecule has 1 aliphatic rings. The molecule has 4 aromatic rings. The number of aromatic nitrogens is 3. The number of hydrogen-bond acceptors (Lipinski definition) is 7. The van der Waals surface area contributed by atoms with Gasteiger partial charge in [-0.15, -0.1) is 0 Å². The molecule has 1 atom stereocenters. The summed E-state index contributed by atoms with van der Waals surface area (Å²) >= 11 is 0. The van der Waals surface area contributed by atoms with Crippen molar-refractivity contribution in [3.05, 3.63) is 95.2 Å². The van der Waals surface area contributed by atoms with Crippen LogP contribution in [0.1, 0.15) is 31.5 Å². The molecule has 10 heteroatoms. The van der Waals surface area contributed by atoms with Crippen molar-refractivity contribution in [2.24, 2.45) is 0 Å². The second-order valence-corrected chi connectivity index (χ2v) is 10.2. The zero-order valence-corrected chi connectivity index (χ0v) is 23.9. The van der Waals surface area contributed by atoms with Crippen molar-refractivity contribution in [1.82, 2.24) is 19.2 Å². The SMILES string of the molecule is COc1ccc(NC(=O)C(c2ccccc2)N2CCN(c3ccc(-n4cnn(C(C)C)c4=O)cc3)CC2)c(OC)c1. The second kappa shape index (κ2) is 12.3. The quantitative estimate of drug-likeness (QED) is 0.331. The molecule has 1 unspecified atom stereocenters. The molecule has 0 radical (unpaired) electrons. The number of ether oxygens (including phenoxy) is 2. The topological polar surface area (TPSA) is 93.9 Å². The molecule has 1 N–H and O–H groups in total. The number of benzene rings is 3. The van der Waals surface area contributed by atoms with Crippen LogP contribution < -0.4 is 25.4 Å². The van der Waals surface area contributed by atoms with E-state index < -0.39 is 6.04 Å². The van der Waals surface area contributed by atoms with E-state index in [1.807, 2.05) is 68.4 Å². The van der Waals surface area contributed by atoms with Gasteiger partial charge in [0, 0.05) is 37.9 Å². The third kappa shape index (κ3) is 5.97. The van der Waals surface area contributed by atoms with Gasteiger partial charge in [0.05, 0.1) is 31.6 Å². The molecule has 1 aromatic heterocycles. The summed E-state index contributed by atoms with van der Waals surface area (Å²) in [6.45, 7) is 6.79. The third-order valence-corrected chi connectivity index (χ3v) is 7.39. The first-order chi connectivity index (χ1) is 19.9. The molecule has 5 rings (SSSR count). The predicted molar refractivity (Wildman–Crippen MR) is 159 cm³/mol. The summed E-state index contributed by atoms with van der Waals surface area (Å²) in [6, 6.07) is 22.7. The first kappa shape index (κ1) is 28.0. The van der Waals surface area contributed by atoms with E-state index in [2.05, 4.69) is 20.2 Å². The molecule has 3 aromatic carbocycles. The van der Waals surface area contributed by atoms with Crippen LogP contribution in [0.5, 0.6) is 11.5 Å². The summed E-state index contributed by atoms with van der Waals surface area (Å²) in [7, 11) is 3.16. The minimum atomic E-state index is -0.461. The Kier molecular flexibility index (Phi) is 8.39. The number of carbonyl (C=O) groups excluding carboxylic acids is 1. The number of amides is 1. The van der Waals surface area contributed by atoms with E-state index in [9.17, 15) is 9.59 Å².